The maximum absolute atomic E-state index is 13.1. The quantitative estimate of drug-likeness (QED) is 0.498. The molecule has 5 rings (SSSR count). The molecule has 6 nitrogen and oxygen atoms in total. The molecule has 30 heavy (non-hydrogen) atoms. The van der Waals surface area contributed by atoms with Crippen molar-refractivity contribution in [3.63, 3.8) is 0 Å². The van der Waals surface area contributed by atoms with E-state index in [-0.39, 0.29) is 11.5 Å². The van der Waals surface area contributed by atoms with Gasteiger partial charge in [-0.25, -0.2) is 4.98 Å². The van der Waals surface area contributed by atoms with Gasteiger partial charge in [0.15, 0.2) is 0 Å². The number of amides is 1. The highest BCUT2D eigenvalue weighted by Crippen LogP contribution is 2.14. The SMILES string of the molecule is O=C(c1ccc2nc3ccccc3c(=O)n2c1)N1CCN(Cc2ccccc2)CC1. The lowest BCUT2D eigenvalue weighted by molar-refractivity contribution is 0.0628. The van der Waals surface area contributed by atoms with Gasteiger partial charge in [-0.2, -0.15) is 0 Å². The molecule has 1 aliphatic heterocycles. The number of carbonyl (C=O) groups excluding carboxylic acids is 1. The zero-order valence-electron chi connectivity index (χ0n) is 16.6. The number of pyridine rings is 1. The van der Waals surface area contributed by atoms with Gasteiger partial charge in [0.2, 0.25) is 0 Å². The summed E-state index contributed by atoms with van der Waals surface area (Å²) in [5, 5.41) is 0.550. The predicted molar refractivity (Wildman–Crippen MR) is 117 cm³/mol. The molecule has 2 aromatic carbocycles. The average Bonchev–Trinajstić information content (AvgIpc) is 2.80. The lowest BCUT2D eigenvalue weighted by atomic mass is 10.2. The molecule has 0 aliphatic carbocycles. The van der Waals surface area contributed by atoms with Crippen molar-refractivity contribution in [3.8, 4) is 0 Å². The Morgan fingerprint density at radius 3 is 2.40 bits per heavy atom. The van der Waals surface area contributed by atoms with Gasteiger partial charge in [-0.05, 0) is 29.8 Å². The zero-order valence-corrected chi connectivity index (χ0v) is 16.6. The first-order chi connectivity index (χ1) is 14.7. The average molecular weight is 398 g/mol. The summed E-state index contributed by atoms with van der Waals surface area (Å²) in [6.07, 6.45) is 1.62. The summed E-state index contributed by atoms with van der Waals surface area (Å²) in [7, 11) is 0. The van der Waals surface area contributed by atoms with Gasteiger partial charge in [0, 0.05) is 38.9 Å². The Hall–Kier alpha value is -3.51. The zero-order chi connectivity index (χ0) is 20.5. The molecular weight excluding hydrogens is 376 g/mol. The standard InChI is InChI=1S/C24H22N4O2/c29-23(27-14-12-26(13-15-27)16-18-6-2-1-3-7-18)19-10-11-22-25-21-9-5-4-8-20(21)24(30)28(22)17-19/h1-11,17H,12-16H2. The van der Waals surface area contributed by atoms with E-state index in [1.165, 1.54) is 9.96 Å². The van der Waals surface area contributed by atoms with Crippen LogP contribution in [0.25, 0.3) is 16.6 Å². The van der Waals surface area contributed by atoms with Crippen LogP contribution in [0.2, 0.25) is 0 Å². The van der Waals surface area contributed by atoms with Crippen molar-refractivity contribution >= 4 is 22.5 Å². The van der Waals surface area contributed by atoms with Crippen molar-refractivity contribution in [2.45, 2.75) is 6.54 Å². The number of rotatable bonds is 3. The van der Waals surface area contributed by atoms with Crippen LogP contribution in [0.4, 0.5) is 0 Å². The highest BCUT2D eigenvalue weighted by Gasteiger charge is 2.22. The third kappa shape index (κ3) is 3.46. The van der Waals surface area contributed by atoms with Gasteiger partial charge < -0.3 is 4.90 Å². The second-order valence-electron chi connectivity index (χ2n) is 7.63. The summed E-state index contributed by atoms with van der Waals surface area (Å²) < 4.78 is 1.47. The van der Waals surface area contributed by atoms with Crippen LogP contribution in [0, 0.1) is 0 Å². The number of fused-ring (bicyclic) bond motifs is 2. The molecule has 0 unspecified atom stereocenters. The molecule has 0 N–H and O–H groups in total. The number of hydrogen-bond donors (Lipinski definition) is 0. The molecule has 0 atom stereocenters. The molecule has 1 fully saturated rings. The third-order valence-electron chi connectivity index (χ3n) is 5.67. The first kappa shape index (κ1) is 18.5. The fourth-order valence-electron chi connectivity index (χ4n) is 4.01. The van der Waals surface area contributed by atoms with E-state index in [1.54, 1.807) is 24.4 Å². The number of benzene rings is 2. The Morgan fingerprint density at radius 2 is 1.60 bits per heavy atom. The molecule has 150 valence electrons. The van der Waals surface area contributed by atoms with Crippen molar-refractivity contribution in [2.24, 2.45) is 0 Å². The van der Waals surface area contributed by atoms with Gasteiger partial charge in [-0.1, -0.05) is 42.5 Å². The Bertz CT molecular complexity index is 1270. The molecule has 1 saturated heterocycles. The second kappa shape index (κ2) is 7.72. The Morgan fingerprint density at radius 1 is 0.867 bits per heavy atom. The van der Waals surface area contributed by atoms with Crippen molar-refractivity contribution in [3.05, 3.63) is 94.4 Å². The minimum absolute atomic E-state index is 0.0451. The van der Waals surface area contributed by atoms with Crippen LogP contribution in [0.3, 0.4) is 0 Å². The van der Waals surface area contributed by atoms with E-state index < -0.39 is 0 Å². The van der Waals surface area contributed by atoms with E-state index in [4.69, 9.17) is 0 Å². The minimum Gasteiger partial charge on any atom is -0.336 e. The lowest BCUT2D eigenvalue weighted by Gasteiger charge is -2.34. The molecule has 1 aliphatic rings. The fourth-order valence-corrected chi connectivity index (χ4v) is 4.01. The van der Waals surface area contributed by atoms with E-state index in [2.05, 4.69) is 34.1 Å². The normalized spacial score (nSPS) is 15.0. The maximum Gasteiger partial charge on any atom is 0.265 e. The Labute approximate surface area is 174 Å². The van der Waals surface area contributed by atoms with Crippen LogP contribution in [0.15, 0.2) is 77.7 Å². The van der Waals surface area contributed by atoms with Crippen molar-refractivity contribution in [2.75, 3.05) is 26.2 Å². The topological polar surface area (TPSA) is 57.9 Å². The Balaban J connectivity index is 1.34. The lowest BCUT2D eigenvalue weighted by Crippen LogP contribution is -2.48. The second-order valence-corrected chi connectivity index (χ2v) is 7.63. The van der Waals surface area contributed by atoms with Gasteiger partial charge in [0.05, 0.1) is 16.5 Å². The summed E-state index contributed by atoms with van der Waals surface area (Å²) in [6.45, 7) is 3.91. The summed E-state index contributed by atoms with van der Waals surface area (Å²) in [5.41, 5.74) is 2.85. The van der Waals surface area contributed by atoms with E-state index in [0.717, 1.165) is 19.6 Å². The van der Waals surface area contributed by atoms with Crippen LogP contribution in [0.5, 0.6) is 0 Å². The van der Waals surface area contributed by atoms with Gasteiger partial charge in [-0.15, -0.1) is 0 Å². The highest BCUT2D eigenvalue weighted by molar-refractivity contribution is 5.94. The van der Waals surface area contributed by atoms with Crippen molar-refractivity contribution in [1.29, 1.82) is 0 Å². The molecule has 0 saturated carbocycles. The van der Waals surface area contributed by atoms with E-state index in [1.807, 2.05) is 29.2 Å². The molecule has 2 aromatic heterocycles. The maximum atomic E-state index is 13.1. The third-order valence-corrected chi connectivity index (χ3v) is 5.67. The molecule has 0 radical (unpaired) electrons. The van der Waals surface area contributed by atoms with Crippen LogP contribution < -0.4 is 5.56 Å². The first-order valence-electron chi connectivity index (χ1n) is 10.2. The van der Waals surface area contributed by atoms with Crippen molar-refractivity contribution in [1.82, 2.24) is 19.2 Å². The first-order valence-corrected chi connectivity index (χ1v) is 10.2. The fraction of sp³-hybridized carbons (Fsp3) is 0.208. The molecule has 4 aromatic rings. The number of hydrogen-bond acceptors (Lipinski definition) is 4. The number of nitrogens with zero attached hydrogens (tertiary/aromatic N) is 4. The number of para-hydroxylation sites is 1. The van der Waals surface area contributed by atoms with E-state index in [0.29, 0.717) is 35.2 Å². The van der Waals surface area contributed by atoms with E-state index in [9.17, 15) is 9.59 Å². The molecule has 0 bridgehead atoms. The monoisotopic (exact) mass is 398 g/mol. The number of piperazine rings is 1. The van der Waals surface area contributed by atoms with Crippen LogP contribution >= 0.6 is 0 Å². The molecular formula is C24H22N4O2. The van der Waals surface area contributed by atoms with Gasteiger partial charge in [0.1, 0.15) is 5.65 Å². The number of aromatic nitrogens is 2. The largest absolute Gasteiger partial charge is 0.336 e. The van der Waals surface area contributed by atoms with Crippen LogP contribution in [-0.2, 0) is 6.54 Å². The predicted octanol–water partition coefficient (Wildman–Crippen LogP) is 2.81. The van der Waals surface area contributed by atoms with Gasteiger partial charge >= 0.3 is 0 Å². The van der Waals surface area contributed by atoms with Crippen LogP contribution in [0.1, 0.15) is 15.9 Å². The highest BCUT2D eigenvalue weighted by atomic mass is 16.2. The van der Waals surface area contributed by atoms with Crippen molar-refractivity contribution < 1.29 is 4.79 Å². The molecule has 1 amide bonds. The summed E-state index contributed by atoms with van der Waals surface area (Å²) in [4.78, 5) is 34.7. The van der Waals surface area contributed by atoms with Gasteiger partial charge in [-0.3, -0.25) is 18.9 Å². The summed E-state index contributed by atoms with van der Waals surface area (Å²) in [6, 6.07) is 21.1. The summed E-state index contributed by atoms with van der Waals surface area (Å²) >= 11 is 0. The molecule has 3 heterocycles. The van der Waals surface area contributed by atoms with E-state index >= 15 is 0 Å². The Kier molecular flexibility index (Phi) is 4.77. The smallest absolute Gasteiger partial charge is 0.265 e. The number of carbonyl (C=O) groups is 1. The van der Waals surface area contributed by atoms with Crippen LogP contribution in [-0.4, -0.2) is 51.3 Å². The summed E-state index contributed by atoms with van der Waals surface area (Å²) in [5.74, 6) is -0.0451. The minimum atomic E-state index is -0.155. The molecule has 6 heteroatoms. The molecule has 0 spiro atoms. The van der Waals surface area contributed by atoms with Gasteiger partial charge in [0.25, 0.3) is 11.5 Å².